The van der Waals surface area contributed by atoms with Gasteiger partial charge < -0.3 is 4.79 Å². The summed E-state index contributed by atoms with van der Waals surface area (Å²) in [7, 11) is 0. The van der Waals surface area contributed by atoms with Crippen molar-refractivity contribution in [3.63, 3.8) is 0 Å². The molecule has 0 amide bonds. The fourth-order valence-corrected chi connectivity index (χ4v) is 1.91. The van der Waals surface area contributed by atoms with E-state index >= 15 is 0 Å². The van der Waals surface area contributed by atoms with E-state index < -0.39 is 0 Å². The van der Waals surface area contributed by atoms with Crippen LogP contribution in [0.25, 0.3) is 0 Å². The Labute approximate surface area is 137 Å². The molecule has 1 aromatic heterocycles. The molecule has 20 heavy (non-hydrogen) atoms. The van der Waals surface area contributed by atoms with Gasteiger partial charge in [0.15, 0.2) is 0 Å². The van der Waals surface area contributed by atoms with Gasteiger partial charge in [-0.2, -0.15) is 0 Å². The van der Waals surface area contributed by atoms with Crippen molar-refractivity contribution in [1.29, 1.82) is 0 Å². The first kappa shape index (κ1) is 17.7. The van der Waals surface area contributed by atoms with Gasteiger partial charge in [-0.3, -0.25) is 0 Å². The number of aromatic nitrogens is 1. The molecule has 2 aliphatic rings. The molecule has 100 valence electrons. The van der Waals surface area contributed by atoms with Crippen LogP contribution in [-0.2, 0) is 21.9 Å². The summed E-state index contributed by atoms with van der Waals surface area (Å²) >= 11 is 5.92. The number of carbonyl (C=O) groups excluding carboxylic acids is 1. The van der Waals surface area contributed by atoms with Crippen LogP contribution >= 0.6 is 11.6 Å². The Bertz CT molecular complexity index is 402. The topological polar surface area (TPSA) is 30.0 Å². The fraction of sp³-hybridized carbons (Fsp3) is 0. The standard InChI is InChI=1S/C11H7ClNO.C5H5.Fe/c12-11-10(5-2-6-13-11)9-4-1-3-8(9)7-14;1-2-4-5-3-1;/h1-7H;1-5H;/q;;+2. The molecular weight excluding hydrogens is 313 g/mol. The number of hydrogen-bond acceptors (Lipinski definition) is 2. The van der Waals surface area contributed by atoms with E-state index in [0.717, 1.165) is 17.8 Å². The van der Waals surface area contributed by atoms with Gasteiger partial charge in [0.2, 0.25) is 0 Å². The van der Waals surface area contributed by atoms with Crippen LogP contribution in [-0.4, -0.2) is 11.3 Å². The summed E-state index contributed by atoms with van der Waals surface area (Å²) in [4.78, 5) is 14.7. The molecule has 0 atom stereocenters. The third-order valence-electron chi connectivity index (χ3n) is 2.58. The van der Waals surface area contributed by atoms with Crippen LogP contribution in [0.1, 0.15) is 5.56 Å². The molecule has 2 nitrogen and oxygen atoms in total. The molecule has 0 unspecified atom stereocenters. The molecule has 0 spiro atoms. The van der Waals surface area contributed by atoms with Gasteiger partial charge in [-0.05, 0) is 63.0 Å². The number of hydrogen-bond donors (Lipinski definition) is 0. The number of pyridine rings is 1. The maximum atomic E-state index is 10.7. The van der Waals surface area contributed by atoms with E-state index in [1.807, 2.05) is 51.0 Å². The van der Waals surface area contributed by atoms with Crippen molar-refractivity contribution < 1.29 is 21.9 Å². The molecule has 3 rings (SSSR count). The Morgan fingerprint density at radius 2 is 1.65 bits per heavy atom. The van der Waals surface area contributed by atoms with Gasteiger partial charge in [0.1, 0.15) is 11.4 Å². The summed E-state index contributed by atoms with van der Waals surface area (Å²) in [5.41, 5.74) is 0.793. The van der Waals surface area contributed by atoms with E-state index in [1.54, 1.807) is 18.7 Å². The second kappa shape index (κ2) is 9.54. The average Bonchev–Trinajstić information content (AvgIpc) is 3.13. The maximum Gasteiger partial charge on any atom is 2.00 e. The smallest absolute Gasteiger partial charge is 0.303 e. The predicted molar refractivity (Wildman–Crippen MR) is 75.3 cm³/mol. The third kappa shape index (κ3) is 4.87. The van der Waals surface area contributed by atoms with Crippen LogP contribution in [0.15, 0.2) is 18.3 Å². The molecule has 10 radical (unpaired) electrons. The molecule has 0 saturated heterocycles. The molecule has 2 fully saturated rings. The molecule has 2 aliphatic carbocycles. The minimum atomic E-state index is 0. The minimum Gasteiger partial charge on any atom is -0.303 e. The van der Waals surface area contributed by atoms with Gasteiger partial charge in [-0.25, -0.2) is 4.98 Å². The number of halogens is 1. The molecule has 0 aromatic carbocycles. The zero-order valence-electron chi connectivity index (χ0n) is 10.5. The zero-order chi connectivity index (χ0) is 13.5. The van der Waals surface area contributed by atoms with Crippen LogP contribution in [0.3, 0.4) is 0 Å². The van der Waals surface area contributed by atoms with Gasteiger partial charge in [0, 0.05) is 12.1 Å². The second-order valence-corrected chi connectivity index (χ2v) is 4.17. The zero-order valence-corrected chi connectivity index (χ0v) is 12.4. The monoisotopic (exact) mass is 325 g/mol. The van der Waals surface area contributed by atoms with Gasteiger partial charge in [0.25, 0.3) is 0 Å². The van der Waals surface area contributed by atoms with Crippen molar-refractivity contribution in [2.75, 3.05) is 0 Å². The van der Waals surface area contributed by atoms with Crippen LogP contribution in [0.4, 0.5) is 0 Å². The first-order chi connectivity index (χ1) is 9.33. The Hall–Kier alpha value is -0.371. The van der Waals surface area contributed by atoms with Crippen LogP contribution < -0.4 is 0 Å². The summed E-state index contributed by atoms with van der Waals surface area (Å²) in [6.07, 6.45) is 17.9. The summed E-state index contributed by atoms with van der Waals surface area (Å²) in [6.45, 7) is 0. The van der Waals surface area contributed by atoms with E-state index in [0.29, 0.717) is 11.1 Å². The number of aldehydes is 1. The quantitative estimate of drug-likeness (QED) is 0.475. The normalized spacial score (nSPS) is 19.1. The molecule has 1 heterocycles. The Morgan fingerprint density at radius 3 is 2.20 bits per heavy atom. The minimum absolute atomic E-state index is 0. The van der Waals surface area contributed by atoms with Crippen molar-refractivity contribution in [1.82, 2.24) is 4.98 Å². The van der Waals surface area contributed by atoms with Crippen LogP contribution in [0.5, 0.6) is 0 Å². The van der Waals surface area contributed by atoms with Gasteiger partial charge in [-0.1, -0.05) is 17.7 Å². The molecular formula is C16H12ClFeNO+2. The summed E-state index contributed by atoms with van der Waals surface area (Å²) in [5, 5.41) is 0.418. The van der Waals surface area contributed by atoms with Crippen molar-refractivity contribution in [2.45, 2.75) is 0 Å². The maximum absolute atomic E-state index is 10.7. The van der Waals surface area contributed by atoms with Crippen molar-refractivity contribution in [3.8, 4) is 0 Å². The molecule has 0 N–H and O–H groups in total. The molecule has 4 heteroatoms. The Morgan fingerprint density at radius 1 is 1.00 bits per heavy atom. The summed E-state index contributed by atoms with van der Waals surface area (Å²) < 4.78 is 0. The van der Waals surface area contributed by atoms with Crippen LogP contribution in [0.2, 0.25) is 5.15 Å². The molecule has 2 saturated carbocycles. The van der Waals surface area contributed by atoms with E-state index in [2.05, 4.69) is 4.98 Å². The SMILES string of the molecule is O=C[C]1[CH][CH][CH][C]1c1cccnc1Cl.[CH]1[CH][CH][CH][CH]1.[Fe+2]. The fourth-order valence-electron chi connectivity index (χ4n) is 1.69. The van der Waals surface area contributed by atoms with Crippen molar-refractivity contribution in [2.24, 2.45) is 0 Å². The predicted octanol–water partition coefficient (Wildman–Crippen LogP) is 3.08. The van der Waals surface area contributed by atoms with Crippen molar-refractivity contribution in [3.05, 3.63) is 92.2 Å². The van der Waals surface area contributed by atoms with Gasteiger partial charge in [-0.15, -0.1) is 0 Å². The van der Waals surface area contributed by atoms with E-state index in [4.69, 9.17) is 11.6 Å². The summed E-state index contributed by atoms with van der Waals surface area (Å²) in [5.74, 6) is 1.47. The molecule has 1 aromatic rings. The van der Waals surface area contributed by atoms with Gasteiger partial charge in [0.05, 0.1) is 5.92 Å². The van der Waals surface area contributed by atoms with Gasteiger partial charge >= 0.3 is 17.1 Å². The van der Waals surface area contributed by atoms with E-state index in [1.165, 1.54) is 0 Å². The number of nitrogens with zero attached hydrogens (tertiary/aromatic N) is 1. The molecule has 0 aliphatic heterocycles. The number of carbonyl (C=O) groups is 1. The van der Waals surface area contributed by atoms with Crippen molar-refractivity contribution >= 4 is 17.9 Å². The average molecular weight is 326 g/mol. The Balaban J connectivity index is 0.000000283. The first-order valence-corrected chi connectivity index (χ1v) is 6.19. The van der Waals surface area contributed by atoms with Crippen LogP contribution in [0, 0.1) is 63.2 Å². The second-order valence-electron chi connectivity index (χ2n) is 3.82. The van der Waals surface area contributed by atoms with E-state index in [-0.39, 0.29) is 17.1 Å². The molecule has 0 bridgehead atoms. The third-order valence-corrected chi connectivity index (χ3v) is 2.88. The number of rotatable bonds is 2. The largest absolute Gasteiger partial charge is 2.00 e. The summed E-state index contributed by atoms with van der Waals surface area (Å²) in [6, 6.07) is 3.64. The Kier molecular flexibility index (Phi) is 8.44. The van der Waals surface area contributed by atoms with E-state index in [9.17, 15) is 4.79 Å². The first-order valence-electron chi connectivity index (χ1n) is 5.81.